The average molecular weight is 516 g/mol. The van der Waals surface area contributed by atoms with Crippen LogP contribution in [0.1, 0.15) is 25.0 Å². The van der Waals surface area contributed by atoms with E-state index >= 15 is 0 Å². The topological polar surface area (TPSA) is 59.9 Å². The van der Waals surface area contributed by atoms with Gasteiger partial charge < -0.3 is 20.6 Å². The van der Waals surface area contributed by atoms with Crippen molar-refractivity contribution in [2.45, 2.75) is 31.9 Å². The third kappa shape index (κ3) is 8.06. The molecule has 7 heteroatoms. The first-order valence-corrected chi connectivity index (χ1v) is 10.3. The van der Waals surface area contributed by atoms with Crippen LogP contribution in [0.3, 0.4) is 0 Å². The summed E-state index contributed by atoms with van der Waals surface area (Å²) in [5.74, 6) is 0.730. The zero-order valence-electron chi connectivity index (χ0n) is 17.2. The molecule has 0 fully saturated rings. The van der Waals surface area contributed by atoms with Crippen molar-refractivity contribution in [1.82, 2.24) is 15.5 Å². The molecule has 0 saturated heterocycles. The standard InChI is InChI=1S/C21H32N4OS.HI/c1-5-22-20(24-16-21(2,26)18-11-12-27-15-18)23-14-19(25(3)4)13-17-9-7-6-8-10-17;/h6-12,15,19,26H,5,13-14,16H2,1-4H3,(H2,22,23,24);1H. The molecule has 0 radical (unpaired) electrons. The molecule has 2 rings (SSSR count). The SMILES string of the molecule is CCNC(=NCC(C)(O)c1ccsc1)NCC(Cc1ccccc1)N(C)C.I. The number of halogens is 1. The van der Waals surface area contributed by atoms with Crippen molar-refractivity contribution in [3.05, 3.63) is 58.3 Å². The van der Waals surface area contributed by atoms with E-state index in [1.54, 1.807) is 18.3 Å². The molecule has 0 aliphatic rings. The number of likely N-dealkylation sites (N-methyl/N-ethyl adjacent to an activating group) is 1. The van der Waals surface area contributed by atoms with Crippen LogP contribution in [-0.4, -0.2) is 55.7 Å². The summed E-state index contributed by atoms with van der Waals surface area (Å²) in [6.07, 6.45) is 0.965. The van der Waals surface area contributed by atoms with E-state index in [0.717, 1.165) is 31.0 Å². The molecule has 1 aromatic carbocycles. The van der Waals surface area contributed by atoms with Crippen molar-refractivity contribution in [3.63, 3.8) is 0 Å². The van der Waals surface area contributed by atoms with Crippen LogP contribution in [0.25, 0.3) is 0 Å². The number of guanidine groups is 1. The maximum Gasteiger partial charge on any atom is 0.191 e. The molecule has 1 heterocycles. The van der Waals surface area contributed by atoms with Crippen LogP contribution in [-0.2, 0) is 12.0 Å². The number of nitrogens with one attached hydrogen (secondary N) is 2. The van der Waals surface area contributed by atoms with Crippen molar-refractivity contribution in [2.75, 3.05) is 33.7 Å². The number of benzene rings is 1. The Morgan fingerprint density at radius 3 is 2.50 bits per heavy atom. The van der Waals surface area contributed by atoms with Crippen LogP contribution in [0.4, 0.5) is 0 Å². The maximum absolute atomic E-state index is 10.7. The number of aliphatic hydroxyl groups is 1. The van der Waals surface area contributed by atoms with Crippen LogP contribution in [0, 0.1) is 0 Å². The lowest BCUT2D eigenvalue weighted by Crippen LogP contribution is -2.46. The molecule has 0 saturated carbocycles. The fraction of sp³-hybridized carbons (Fsp3) is 0.476. The van der Waals surface area contributed by atoms with Gasteiger partial charge in [-0.15, -0.1) is 24.0 Å². The molecule has 0 aliphatic carbocycles. The first kappa shape index (κ1) is 24.9. The monoisotopic (exact) mass is 516 g/mol. The highest BCUT2D eigenvalue weighted by Crippen LogP contribution is 2.23. The second kappa shape index (κ2) is 12.4. The highest BCUT2D eigenvalue weighted by atomic mass is 127. The Balaban J connectivity index is 0.00000392. The summed E-state index contributed by atoms with van der Waals surface area (Å²) in [4.78, 5) is 6.84. The van der Waals surface area contributed by atoms with Crippen LogP contribution in [0.15, 0.2) is 52.2 Å². The van der Waals surface area contributed by atoms with E-state index in [1.165, 1.54) is 5.56 Å². The average Bonchev–Trinajstić information content (AvgIpc) is 3.19. The Kier molecular flexibility index (Phi) is 11.0. The predicted molar refractivity (Wildman–Crippen MR) is 131 cm³/mol. The number of hydrogen-bond acceptors (Lipinski definition) is 4. The van der Waals surface area contributed by atoms with Gasteiger partial charge in [0.2, 0.25) is 0 Å². The van der Waals surface area contributed by atoms with E-state index in [-0.39, 0.29) is 24.0 Å². The number of hydrogen-bond donors (Lipinski definition) is 3. The van der Waals surface area contributed by atoms with Gasteiger partial charge in [-0.1, -0.05) is 30.3 Å². The molecule has 2 atom stereocenters. The van der Waals surface area contributed by atoms with E-state index in [1.807, 2.05) is 29.8 Å². The number of aliphatic imine (C=N–C) groups is 1. The predicted octanol–water partition coefficient (Wildman–Crippen LogP) is 3.30. The molecule has 0 amide bonds. The first-order chi connectivity index (χ1) is 12.9. The summed E-state index contributed by atoms with van der Waals surface area (Å²) in [5, 5.41) is 21.3. The zero-order chi connectivity index (χ0) is 19.7. The van der Waals surface area contributed by atoms with E-state index in [0.29, 0.717) is 12.6 Å². The van der Waals surface area contributed by atoms with Crippen LogP contribution in [0.2, 0.25) is 0 Å². The summed E-state index contributed by atoms with van der Waals surface area (Å²) >= 11 is 1.58. The van der Waals surface area contributed by atoms with Gasteiger partial charge >= 0.3 is 0 Å². The second-order valence-electron chi connectivity index (χ2n) is 7.17. The number of nitrogens with zero attached hydrogens (tertiary/aromatic N) is 2. The number of rotatable bonds is 9. The largest absolute Gasteiger partial charge is 0.383 e. The lowest BCUT2D eigenvalue weighted by atomic mass is 10.00. The quantitative estimate of drug-likeness (QED) is 0.272. The minimum Gasteiger partial charge on any atom is -0.383 e. The number of thiophene rings is 1. The van der Waals surface area contributed by atoms with E-state index in [9.17, 15) is 5.11 Å². The summed E-state index contributed by atoms with van der Waals surface area (Å²) < 4.78 is 0. The van der Waals surface area contributed by atoms with E-state index < -0.39 is 5.60 Å². The Morgan fingerprint density at radius 1 is 1.21 bits per heavy atom. The van der Waals surface area contributed by atoms with Gasteiger partial charge in [0.25, 0.3) is 0 Å². The molecule has 28 heavy (non-hydrogen) atoms. The molecular weight excluding hydrogens is 483 g/mol. The molecule has 3 N–H and O–H groups in total. The fourth-order valence-electron chi connectivity index (χ4n) is 2.77. The van der Waals surface area contributed by atoms with Gasteiger partial charge in [0.05, 0.1) is 6.54 Å². The smallest absolute Gasteiger partial charge is 0.191 e. The molecule has 1 aromatic heterocycles. The third-order valence-electron chi connectivity index (χ3n) is 4.58. The molecule has 2 aromatic rings. The summed E-state index contributed by atoms with van der Waals surface area (Å²) in [6, 6.07) is 12.8. The molecule has 5 nitrogen and oxygen atoms in total. The lowest BCUT2D eigenvalue weighted by Gasteiger charge is -2.26. The van der Waals surface area contributed by atoms with E-state index in [4.69, 9.17) is 0 Å². The maximum atomic E-state index is 10.7. The highest BCUT2D eigenvalue weighted by molar-refractivity contribution is 14.0. The van der Waals surface area contributed by atoms with Crippen molar-refractivity contribution in [3.8, 4) is 0 Å². The molecule has 0 bridgehead atoms. The Hall–Kier alpha value is -1.16. The van der Waals surface area contributed by atoms with Gasteiger partial charge in [-0.25, -0.2) is 4.99 Å². The Morgan fingerprint density at radius 2 is 1.93 bits per heavy atom. The van der Waals surface area contributed by atoms with Crippen LogP contribution in [0.5, 0.6) is 0 Å². The molecule has 2 unspecified atom stereocenters. The van der Waals surface area contributed by atoms with Crippen LogP contribution >= 0.6 is 35.3 Å². The highest BCUT2D eigenvalue weighted by Gasteiger charge is 2.23. The van der Waals surface area contributed by atoms with Crippen molar-refractivity contribution >= 4 is 41.3 Å². The third-order valence-corrected chi connectivity index (χ3v) is 5.27. The summed E-state index contributed by atoms with van der Waals surface area (Å²) in [7, 11) is 4.20. The van der Waals surface area contributed by atoms with Crippen LogP contribution < -0.4 is 10.6 Å². The summed E-state index contributed by atoms with van der Waals surface area (Å²) in [5.41, 5.74) is 1.26. The second-order valence-corrected chi connectivity index (χ2v) is 7.95. The summed E-state index contributed by atoms with van der Waals surface area (Å²) in [6.45, 7) is 5.71. The van der Waals surface area contributed by atoms with Crippen molar-refractivity contribution in [2.24, 2.45) is 4.99 Å². The molecular formula is C21H33IN4OS. The first-order valence-electron chi connectivity index (χ1n) is 9.40. The van der Waals surface area contributed by atoms with Gasteiger partial charge in [0.15, 0.2) is 5.96 Å². The zero-order valence-corrected chi connectivity index (χ0v) is 20.3. The molecule has 156 valence electrons. The van der Waals surface area contributed by atoms with Crippen molar-refractivity contribution in [1.29, 1.82) is 0 Å². The minimum absolute atomic E-state index is 0. The molecule has 0 aliphatic heterocycles. The van der Waals surface area contributed by atoms with Gasteiger partial charge in [-0.2, -0.15) is 11.3 Å². The Labute approximate surface area is 190 Å². The van der Waals surface area contributed by atoms with E-state index in [2.05, 4.69) is 58.9 Å². The normalized spacial score (nSPS) is 14.9. The Bertz CT molecular complexity index is 690. The van der Waals surface area contributed by atoms with Gasteiger partial charge in [0, 0.05) is 19.1 Å². The van der Waals surface area contributed by atoms with Gasteiger partial charge in [0.1, 0.15) is 5.60 Å². The van der Waals surface area contributed by atoms with Crippen molar-refractivity contribution < 1.29 is 5.11 Å². The molecule has 0 spiro atoms. The van der Waals surface area contributed by atoms with Gasteiger partial charge in [-0.3, -0.25) is 0 Å². The lowest BCUT2D eigenvalue weighted by molar-refractivity contribution is 0.0677. The fourth-order valence-corrected chi connectivity index (χ4v) is 3.56. The minimum atomic E-state index is -0.965. The van der Waals surface area contributed by atoms with Gasteiger partial charge in [-0.05, 0) is 62.3 Å².